The van der Waals surface area contributed by atoms with Gasteiger partial charge in [-0.3, -0.25) is 4.79 Å². The van der Waals surface area contributed by atoms with Crippen molar-refractivity contribution in [2.45, 2.75) is 25.6 Å². The Morgan fingerprint density at radius 2 is 1.95 bits per heavy atom. The third kappa shape index (κ3) is 3.65. The summed E-state index contributed by atoms with van der Waals surface area (Å²) in [4.78, 5) is 23.3. The molecule has 8 heteroatoms. The molecule has 0 bridgehead atoms. The summed E-state index contributed by atoms with van der Waals surface area (Å²) in [5.74, 6) is -2.34. The molecule has 1 aromatic carbocycles. The van der Waals surface area contributed by atoms with Gasteiger partial charge in [-0.05, 0) is 24.6 Å². The lowest BCUT2D eigenvalue weighted by molar-refractivity contribution is -0.138. The maximum Gasteiger partial charge on any atom is 0.417 e. The van der Waals surface area contributed by atoms with Crippen LogP contribution in [-0.2, 0) is 11.0 Å². The zero-order chi connectivity index (χ0) is 16.4. The standard InChI is InChI=1S/C13H15F3N2O3/c1-3-10(12(20)21)18(2)7-4-5-8(11(17)19)9(6-7)13(14,15)16/h4-6,10H,3H2,1-2H3,(H2,17,19)(H,20,21). The molecular weight excluding hydrogens is 289 g/mol. The Morgan fingerprint density at radius 1 is 1.38 bits per heavy atom. The van der Waals surface area contributed by atoms with Crippen LogP contribution >= 0.6 is 0 Å². The van der Waals surface area contributed by atoms with Gasteiger partial charge in [-0.1, -0.05) is 6.92 Å². The molecule has 0 saturated heterocycles. The summed E-state index contributed by atoms with van der Waals surface area (Å²) in [7, 11) is 1.38. The summed E-state index contributed by atoms with van der Waals surface area (Å²) in [5.41, 5.74) is 3.14. The Balaban J connectivity index is 3.34. The molecule has 0 radical (unpaired) electrons. The first-order valence-electron chi connectivity index (χ1n) is 6.06. The average Bonchev–Trinajstić information content (AvgIpc) is 2.37. The minimum Gasteiger partial charge on any atom is -0.480 e. The van der Waals surface area contributed by atoms with Crippen LogP contribution in [0.1, 0.15) is 29.3 Å². The quantitative estimate of drug-likeness (QED) is 0.872. The molecule has 0 aliphatic rings. The van der Waals surface area contributed by atoms with Crippen molar-refractivity contribution < 1.29 is 27.9 Å². The Bertz CT molecular complexity index is 558. The van der Waals surface area contributed by atoms with Gasteiger partial charge in [0.15, 0.2) is 0 Å². The number of primary amides is 1. The molecule has 116 valence electrons. The number of rotatable bonds is 5. The molecule has 0 aliphatic heterocycles. The van der Waals surface area contributed by atoms with Crippen molar-refractivity contribution in [1.29, 1.82) is 0 Å². The van der Waals surface area contributed by atoms with Crippen molar-refractivity contribution in [3.05, 3.63) is 29.3 Å². The van der Waals surface area contributed by atoms with Gasteiger partial charge in [0, 0.05) is 12.7 Å². The van der Waals surface area contributed by atoms with Crippen molar-refractivity contribution >= 4 is 17.6 Å². The van der Waals surface area contributed by atoms with Crippen LogP contribution in [0.4, 0.5) is 18.9 Å². The molecule has 1 amide bonds. The highest BCUT2D eigenvalue weighted by molar-refractivity contribution is 5.95. The van der Waals surface area contributed by atoms with Crippen LogP contribution in [-0.4, -0.2) is 30.1 Å². The molecule has 0 heterocycles. The number of aliphatic carboxylic acids is 1. The van der Waals surface area contributed by atoms with E-state index in [-0.39, 0.29) is 12.1 Å². The van der Waals surface area contributed by atoms with E-state index in [1.54, 1.807) is 6.92 Å². The van der Waals surface area contributed by atoms with Gasteiger partial charge in [-0.2, -0.15) is 13.2 Å². The number of carboxylic acids is 1. The number of anilines is 1. The maximum atomic E-state index is 13.0. The molecule has 0 spiro atoms. The second kappa shape index (κ2) is 6.02. The number of nitrogens with two attached hydrogens (primary N) is 1. The second-order valence-corrected chi connectivity index (χ2v) is 4.47. The highest BCUT2D eigenvalue weighted by Gasteiger charge is 2.35. The summed E-state index contributed by atoms with van der Waals surface area (Å²) in [5, 5.41) is 9.04. The van der Waals surface area contributed by atoms with E-state index in [2.05, 4.69) is 0 Å². The van der Waals surface area contributed by atoms with E-state index in [4.69, 9.17) is 10.8 Å². The predicted octanol–water partition coefficient (Wildman–Crippen LogP) is 2.10. The molecule has 1 unspecified atom stereocenters. The van der Waals surface area contributed by atoms with Crippen molar-refractivity contribution in [2.75, 3.05) is 11.9 Å². The van der Waals surface area contributed by atoms with Crippen LogP contribution in [0.3, 0.4) is 0 Å². The molecule has 0 aromatic heterocycles. The van der Waals surface area contributed by atoms with Crippen LogP contribution in [0.2, 0.25) is 0 Å². The van der Waals surface area contributed by atoms with Crippen LogP contribution in [0.15, 0.2) is 18.2 Å². The van der Waals surface area contributed by atoms with Gasteiger partial charge in [0.1, 0.15) is 6.04 Å². The molecule has 0 saturated carbocycles. The van der Waals surface area contributed by atoms with E-state index in [1.807, 2.05) is 0 Å². The molecule has 21 heavy (non-hydrogen) atoms. The lowest BCUT2D eigenvalue weighted by Crippen LogP contribution is -2.38. The normalized spacial score (nSPS) is 12.8. The number of halogens is 3. The molecule has 0 fully saturated rings. The van der Waals surface area contributed by atoms with Crippen LogP contribution in [0, 0.1) is 0 Å². The Kier molecular flexibility index (Phi) is 4.82. The fraction of sp³-hybridized carbons (Fsp3) is 0.385. The lowest BCUT2D eigenvalue weighted by Gasteiger charge is -2.27. The smallest absolute Gasteiger partial charge is 0.417 e. The molecule has 1 atom stereocenters. The fourth-order valence-electron chi connectivity index (χ4n) is 2.00. The number of nitrogens with zero attached hydrogens (tertiary/aromatic N) is 1. The van der Waals surface area contributed by atoms with Gasteiger partial charge >= 0.3 is 12.1 Å². The highest BCUT2D eigenvalue weighted by Crippen LogP contribution is 2.34. The molecule has 3 N–H and O–H groups in total. The minimum absolute atomic E-state index is 0.0431. The zero-order valence-corrected chi connectivity index (χ0v) is 11.4. The summed E-state index contributed by atoms with van der Waals surface area (Å²) < 4.78 is 38.9. The number of benzene rings is 1. The summed E-state index contributed by atoms with van der Waals surface area (Å²) in [6.45, 7) is 1.61. The fourth-order valence-corrected chi connectivity index (χ4v) is 2.00. The molecule has 5 nitrogen and oxygen atoms in total. The first-order chi connectivity index (χ1) is 9.59. The maximum absolute atomic E-state index is 13.0. The van der Waals surface area contributed by atoms with Gasteiger partial charge in [0.05, 0.1) is 11.1 Å². The number of carboxylic acid groups (broad SMARTS) is 1. The van der Waals surface area contributed by atoms with Crippen molar-refractivity contribution in [3.8, 4) is 0 Å². The van der Waals surface area contributed by atoms with E-state index >= 15 is 0 Å². The number of likely N-dealkylation sites (N-methyl/N-ethyl adjacent to an activating group) is 1. The van der Waals surface area contributed by atoms with Gasteiger partial charge in [0.25, 0.3) is 0 Å². The Labute approximate surface area is 119 Å². The van der Waals surface area contributed by atoms with E-state index in [0.717, 1.165) is 12.1 Å². The van der Waals surface area contributed by atoms with E-state index in [1.165, 1.54) is 18.0 Å². The first-order valence-corrected chi connectivity index (χ1v) is 6.06. The molecule has 1 rings (SSSR count). The third-order valence-electron chi connectivity index (χ3n) is 3.12. The molecular formula is C13H15F3N2O3. The minimum atomic E-state index is -4.76. The van der Waals surface area contributed by atoms with Crippen LogP contribution < -0.4 is 10.6 Å². The van der Waals surface area contributed by atoms with Gasteiger partial charge < -0.3 is 15.7 Å². The summed E-state index contributed by atoms with van der Waals surface area (Å²) >= 11 is 0. The van der Waals surface area contributed by atoms with Gasteiger partial charge in [0.2, 0.25) is 5.91 Å². The second-order valence-electron chi connectivity index (χ2n) is 4.47. The SMILES string of the molecule is CCC(C(=O)O)N(C)c1ccc(C(N)=O)c(C(F)(F)F)c1. The Morgan fingerprint density at radius 3 is 2.33 bits per heavy atom. The third-order valence-corrected chi connectivity index (χ3v) is 3.12. The summed E-state index contributed by atoms with van der Waals surface area (Å²) in [6.07, 6.45) is -4.54. The van der Waals surface area contributed by atoms with E-state index in [0.29, 0.717) is 0 Å². The number of amides is 1. The van der Waals surface area contributed by atoms with E-state index < -0.39 is 35.2 Å². The molecule has 0 aliphatic carbocycles. The van der Waals surface area contributed by atoms with Gasteiger partial charge in [-0.15, -0.1) is 0 Å². The lowest BCUT2D eigenvalue weighted by atomic mass is 10.0. The predicted molar refractivity (Wildman–Crippen MR) is 70.1 cm³/mol. The van der Waals surface area contributed by atoms with E-state index in [9.17, 15) is 22.8 Å². The first kappa shape index (κ1) is 16.8. The number of carbonyl (C=O) groups excluding carboxylic acids is 1. The topological polar surface area (TPSA) is 83.6 Å². The van der Waals surface area contributed by atoms with Crippen molar-refractivity contribution in [2.24, 2.45) is 5.73 Å². The zero-order valence-electron chi connectivity index (χ0n) is 11.4. The number of carbonyl (C=O) groups is 2. The number of hydrogen-bond donors (Lipinski definition) is 2. The summed E-state index contributed by atoms with van der Waals surface area (Å²) in [6, 6.07) is 1.95. The van der Waals surface area contributed by atoms with Crippen LogP contribution in [0.5, 0.6) is 0 Å². The average molecular weight is 304 g/mol. The largest absolute Gasteiger partial charge is 0.480 e. The number of hydrogen-bond acceptors (Lipinski definition) is 3. The van der Waals surface area contributed by atoms with Crippen molar-refractivity contribution in [3.63, 3.8) is 0 Å². The number of alkyl halides is 3. The molecule has 1 aromatic rings. The van der Waals surface area contributed by atoms with Gasteiger partial charge in [-0.25, -0.2) is 4.79 Å². The van der Waals surface area contributed by atoms with Crippen LogP contribution in [0.25, 0.3) is 0 Å². The monoisotopic (exact) mass is 304 g/mol. The highest BCUT2D eigenvalue weighted by atomic mass is 19.4. The van der Waals surface area contributed by atoms with Crippen molar-refractivity contribution in [1.82, 2.24) is 0 Å². The Hall–Kier alpha value is -2.25.